The quantitative estimate of drug-likeness (QED) is 0.877. The molecule has 1 fully saturated rings. The highest BCUT2D eigenvalue weighted by Crippen LogP contribution is 2.26. The monoisotopic (exact) mass is 264 g/mol. The first-order valence-corrected chi connectivity index (χ1v) is 6.86. The van der Waals surface area contributed by atoms with Gasteiger partial charge in [-0.3, -0.25) is 10.1 Å². The molecule has 1 atom stereocenters. The summed E-state index contributed by atoms with van der Waals surface area (Å²) in [5.74, 6) is -0.738. The van der Waals surface area contributed by atoms with Crippen molar-refractivity contribution < 1.29 is 9.18 Å². The summed E-state index contributed by atoms with van der Waals surface area (Å²) in [6.45, 7) is 1.77. The Balaban J connectivity index is 2.21. The van der Waals surface area contributed by atoms with E-state index in [9.17, 15) is 9.18 Å². The second kappa shape index (κ2) is 5.70. The fraction of sp³-hybridized carbons (Fsp3) is 0.533. The molecular formula is C15H21FN2O. The highest BCUT2D eigenvalue weighted by atomic mass is 19.1. The van der Waals surface area contributed by atoms with E-state index < -0.39 is 11.4 Å². The van der Waals surface area contributed by atoms with E-state index in [1.54, 1.807) is 19.1 Å². The van der Waals surface area contributed by atoms with Gasteiger partial charge in [0.15, 0.2) is 0 Å². The fourth-order valence-electron chi connectivity index (χ4n) is 2.74. The Morgan fingerprint density at radius 3 is 2.37 bits per heavy atom. The van der Waals surface area contributed by atoms with Crippen molar-refractivity contribution in [2.24, 2.45) is 5.73 Å². The number of amides is 1. The van der Waals surface area contributed by atoms with Crippen molar-refractivity contribution in [2.75, 3.05) is 0 Å². The van der Waals surface area contributed by atoms with Crippen LogP contribution in [0.15, 0.2) is 24.3 Å². The number of rotatable bonds is 4. The first-order valence-electron chi connectivity index (χ1n) is 6.86. The van der Waals surface area contributed by atoms with E-state index in [-0.39, 0.29) is 5.82 Å². The molecule has 1 aromatic rings. The SMILES string of the molecule is CC(NC1CCCCC1)(C(N)=O)c1ccc(F)cc1. The van der Waals surface area contributed by atoms with Crippen molar-refractivity contribution in [3.8, 4) is 0 Å². The lowest BCUT2D eigenvalue weighted by Gasteiger charge is -2.34. The second-order valence-electron chi connectivity index (χ2n) is 5.48. The molecule has 0 heterocycles. The van der Waals surface area contributed by atoms with Gasteiger partial charge < -0.3 is 5.73 Å². The van der Waals surface area contributed by atoms with Gasteiger partial charge in [0.05, 0.1) is 0 Å². The summed E-state index contributed by atoms with van der Waals surface area (Å²) in [4.78, 5) is 11.8. The van der Waals surface area contributed by atoms with Crippen molar-refractivity contribution in [1.82, 2.24) is 5.32 Å². The van der Waals surface area contributed by atoms with E-state index in [2.05, 4.69) is 5.32 Å². The zero-order valence-electron chi connectivity index (χ0n) is 11.3. The van der Waals surface area contributed by atoms with Gasteiger partial charge in [0.2, 0.25) is 5.91 Å². The lowest BCUT2D eigenvalue weighted by Crippen LogP contribution is -2.54. The molecule has 1 aromatic carbocycles. The van der Waals surface area contributed by atoms with Gasteiger partial charge in [-0.05, 0) is 37.5 Å². The summed E-state index contributed by atoms with van der Waals surface area (Å²) < 4.78 is 13.0. The summed E-state index contributed by atoms with van der Waals surface area (Å²) in [7, 11) is 0. The van der Waals surface area contributed by atoms with Crippen LogP contribution in [0.4, 0.5) is 4.39 Å². The Morgan fingerprint density at radius 1 is 1.26 bits per heavy atom. The molecule has 3 N–H and O–H groups in total. The molecule has 0 bridgehead atoms. The van der Waals surface area contributed by atoms with Gasteiger partial charge in [0.25, 0.3) is 0 Å². The third-order valence-electron chi connectivity index (χ3n) is 4.01. The summed E-state index contributed by atoms with van der Waals surface area (Å²) >= 11 is 0. The van der Waals surface area contributed by atoms with Crippen molar-refractivity contribution in [2.45, 2.75) is 50.6 Å². The van der Waals surface area contributed by atoms with Gasteiger partial charge in [-0.15, -0.1) is 0 Å². The van der Waals surface area contributed by atoms with E-state index in [0.29, 0.717) is 11.6 Å². The van der Waals surface area contributed by atoms with Crippen LogP contribution in [0.3, 0.4) is 0 Å². The number of halogens is 1. The molecule has 4 heteroatoms. The van der Waals surface area contributed by atoms with E-state index in [0.717, 1.165) is 12.8 Å². The fourth-order valence-corrected chi connectivity index (χ4v) is 2.74. The lowest BCUT2D eigenvalue weighted by molar-refractivity contribution is -0.124. The Kier molecular flexibility index (Phi) is 4.20. The Morgan fingerprint density at radius 2 is 1.84 bits per heavy atom. The van der Waals surface area contributed by atoms with Gasteiger partial charge in [0.1, 0.15) is 11.4 Å². The topological polar surface area (TPSA) is 55.1 Å². The minimum Gasteiger partial charge on any atom is -0.368 e. The number of nitrogens with one attached hydrogen (secondary N) is 1. The van der Waals surface area contributed by atoms with Gasteiger partial charge in [-0.2, -0.15) is 0 Å². The largest absolute Gasteiger partial charge is 0.368 e. The third kappa shape index (κ3) is 3.13. The zero-order chi connectivity index (χ0) is 13.9. The highest BCUT2D eigenvalue weighted by Gasteiger charge is 2.35. The average Bonchev–Trinajstić information content (AvgIpc) is 2.40. The number of primary amides is 1. The summed E-state index contributed by atoms with van der Waals surface area (Å²) in [6, 6.07) is 6.26. The number of nitrogens with two attached hydrogens (primary N) is 1. The second-order valence-corrected chi connectivity index (χ2v) is 5.48. The van der Waals surface area contributed by atoms with Crippen LogP contribution in [-0.4, -0.2) is 11.9 Å². The van der Waals surface area contributed by atoms with Crippen LogP contribution in [0.2, 0.25) is 0 Å². The van der Waals surface area contributed by atoms with E-state index >= 15 is 0 Å². The third-order valence-corrected chi connectivity index (χ3v) is 4.01. The van der Waals surface area contributed by atoms with Gasteiger partial charge >= 0.3 is 0 Å². The molecule has 0 spiro atoms. The van der Waals surface area contributed by atoms with Crippen LogP contribution in [0, 0.1) is 5.82 Å². The minimum atomic E-state index is -0.935. The van der Waals surface area contributed by atoms with Crippen molar-refractivity contribution in [1.29, 1.82) is 0 Å². The number of hydrogen-bond acceptors (Lipinski definition) is 2. The molecule has 1 saturated carbocycles. The summed E-state index contributed by atoms with van der Waals surface area (Å²) in [5.41, 5.74) is 5.34. The molecule has 0 aromatic heterocycles. The van der Waals surface area contributed by atoms with Crippen LogP contribution in [-0.2, 0) is 10.3 Å². The van der Waals surface area contributed by atoms with Crippen LogP contribution in [0.25, 0.3) is 0 Å². The maximum Gasteiger partial charge on any atom is 0.242 e. The molecule has 0 saturated heterocycles. The number of benzene rings is 1. The van der Waals surface area contributed by atoms with Crippen molar-refractivity contribution in [3.63, 3.8) is 0 Å². The van der Waals surface area contributed by atoms with Crippen LogP contribution in [0.1, 0.15) is 44.6 Å². The number of carbonyl (C=O) groups excluding carboxylic acids is 1. The molecule has 1 amide bonds. The van der Waals surface area contributed by atoms with Gasteiger partial charge in [0, 0.05) is 6.04 Å². The molecule has 2 rings (SSSR count). The molecule has 3 nitrogen and oxygen atoms in total. The van der Waals surface area contributed by atoms with Gasteiger partial charge in [-0.25, -0.2) is 4.39 Å². The molecule has 19 heavy (non-hydrogen) atoms. The molecule has 0 aliphatic heterocycles. The van der Waals surface area contributed by atoms with Crippen molar-refractivity contribution >= 4 is 5.91 Å². The minimum absolute atomic E-state index is 0.302. The van der Waals surface area contributed by atoms with E-state index in [1.165, 1.54) is 31.4 Å². The van der Waals surface area contributed by atoms with Crippen LogP contribution in [0.5, 0.6) is 0 Å². The molecule has 1 aliphatic rings. The standard InChI is InChI=1S/C15H21FN2O/c1-15(14(17)19,11-7-9-12(16)10-8-11)18-13-5-3-2-4-6-13/h7-10,13,18H,2-6H2,1H3,(H2,17,19). The Labute approximate surface area is 113 Å². The predicted molar refractivity (Wildman–Crippen MR) is 73.0 cm³/mol. The zero-order valence-corrected chi connectivity index (χ0v) is 11.3. The van der Waals surface area contributed by atoms with Gasteiger partial charge in [-0.1, -0.05) is 31.4 Å². The first kappa shape index (κ1) is 14.0. The smallest absolute Gasteiger partial charge is 0.242 e. The molecular weight excluding hydrogens is 243 g/mol. The van der Waals surface area contributed by atoms with E-state index in [4.69, 9.17) is 5.73 Å². The average molecular weight is 264 g/mol. The predicted octanol–water partition coefficient (Wildman–Crippen LogP) is 2.45. The van der Waals surface area contributed by atoms with Crippen LogP contribution < -0.4 is 11.1 Å². The molecule has 1 aliphatic carbocycles. The first-order chi connectivity index (χ1) is 9.02. The maximum atomic E-state index is 13.0. The normalized spacial score (nSPS) is 19.9. The van der Waals surface area contributed by atoms with Crippen molar-refractivity contribution in [3.05, 3.63) is 35.6 Å². The lowest BCUT2D eigenvalue weighted by atomic mass is 9.87. The molecule has 1 unspecified atom stereocenters. The molecule has 104 valence electrons. The van der Waals surface area contributed by atoms with Crippen LogP contribution >= 0.6 is 0 Å². The summed E-state index contributed by atoms with van der Waals surface area (Å²) in [5, 5.41) is 3.37. The summed E-state index contributed by atoms with van der Waals surface area (Å²) in [6.07, 6.45) is 5.72. The van der Waals surface area contributed by atoms with E-state index in [1.807, 2.05) is 0 Å². The Hall–Kier alpha value is -1.42. The highest BCUT2D eigenvalue weighted by molar-refractivity contribution is 5.85. The maximum absolute atomic E-state index is 13.0. The number of hydrogen-bond donors (Lipinski definition) is 2. The number of carbonyl (C=O) groups is 1. The Bertz CT molecular complexity index is 440. The molecule has 0 radical (unpaired) electrons.